The van der Waals surface area contributed by atoms with Crippen molar-refractivity contribution in [3.05, 3.63) is 34.3 Å². The highest BCUT2D eigenvalue weighted by Gasteiger charge is 2.19. The van der Waals surface area contributed by atoms with Gasteiger partial charge in [0.1, 0.15) is 5.67 Å². The molecule has 0 aromatic heterocycles. The van der Waals surface area contributed by atoms with Gasteiger partial charge in [-0.2, -0.15) is 0 Å². The molecule has 0 saturated carbocycles. The molecule has 0 spiro atoms. The summed E-state index contributed by atoms with van der Waals surface area (Å²) in [5.41, 5.74) is 5.90. The lowest BCUT2D eigenvalue weighted by Gasteiger charge is -2.16. The fourth-order valence-corrected chi connectivity index (χ4v) is 1.69. The summed E-state index contributed by atoms with van der Waals surface area (Å²) in [4.78, 5) is 0. The Labute approximate surface area is 95.4 Å². The van der Waals surface area contributed by atoms with E-state index in [-0.39, 0.29) is 6.04 Å². The first kappa shape index (κ1) is 12.5. The van der Waals surface area contributed by atoms with Crippen molar-refractivity contribution in [3.8, 4) is 0 Å². The first-order valence-electron chi connectivity index (χ1n) is 5.04. The van der Waals surface area contributed by atoms with E-state index < -0.39 is 5.67 Å². The third-order valence-electron chi connectivity index (χ3n) is 2.28. The van der Waals surface area contributed by atoms with Gasteiger partial charge in [0.2, 0.25) is 0 Å². The van der Waals surface area contributed by atoms with E-state index in [1.54, 1.807) is 12.1 Å². The lowest BCUT2D eigenvalue weighted by Crippen LogP contribution is -2.18. The van der Waals surface area contributed by atoms with Gasteiger partial charge in [0.05, 0.1) is 0 Å². The van der Waals surface area contributed by atoms with E-state index in [0.29, 0.717) is 17.0 Å². The summed E-state index contributed by atoms with van der Waals surface area (Å²) in [5, 5.41) is 0.593. The first-order valence-corrected chi connectivity index (χ1v) is 5.42. The molecular formula is C12H17ClFN. The number of hydrogen-bond donors (Lipinski definition) is 1. The molecule has 0 amide bonds. The zero-order chi connectivity index (χ0) is 11.6. The Kier molecular flexibility index (Phi) is 3.74. The van der Waals surface area contributed by atoms with E-state index in [1.165, 1.54) is 13.8 Å². The topological polar surface area (TPSA) is 26.0 Å². The van der Waals surface area contributed by atoms with Gasteiger partial charge in [-0.1, -0.05) is 23.7 Å². The molecule has 1 atom stereocenters. The number of nitrogens with two attached hydrogens (primary N) is 1. The highest BCUT2D eigenvalue weighted by atomic mass is 35.5. The third kappa shape index (κ3) is 3.47. The minimum atomic E-state index is -1.35. The Morgan fingerprint density at radius 1 is 1.47 bits per heavy atom. The Bertz CT molecular complexity index is 342. The summed E-state index contributed by atoms with van der Waals surface area (Å²) in [6, 6.07) is 5.36. The smallest absolute Gasteiger partial charge is 0.130 e. The van der Waals surface area contributed by atoms with Crippen molar-refractivity contribution in [2.75, 3.05) is 0 Å². The molecule has 1 rings (SSSR count). The quantitative estimate of drug-likeness (QED) is 0.845. The third-order valence-corrected chi connectivity index (χ3v) is 2.63. The number of halogens is 2. The average molecular weight is 230 g/mol. The van der Waals surface area contributed by atoms with E-state index in [9.17, 15) is 4.39 Å². The molecule has 1 unspecified atom stereocenters. The van der Waals surface area contributed by atoms with Crippen LogP contribution in [-0.4, -0.2) is 6.04 Å². The highest BCUT2D eigenvalue weighted by molar-refractivity contribution is 6.31. The van der Waals surface area contributed by atoms with Crippen LogP contribution in [0.2, 0.25) is 5.02 Å². The predicted molar refractivity (Wildman–Crippen MR) is 62.9 cm³/mol. The van der Waals surface area contributed by atoms with Crippen molar-refractivity contribution >= 4 is 11.6 Å². The van der Waals surface area contributed by atoms with E-state index in [1.807, 2.05) is 13.0 Å². The lowest BCUT2D eigenvalue weighted by atomic mass is 9.97. The highest BCUT2D eigenvalue weighted by Crippen LogP contribution is 2.28. The van der Waals surface area contributed by atoms with E-state index in [4.69, 9.17) is 17.3 Å². The van der Waals surface area contributed by atoms with Gasteiger partial charge in [-0.25, -0.2) is 4.39 Å². The molecule has 0 bridgehead atoms. The molecule has 0 aliphatic carbocycles. The molecule has 1 aromatic carbocycles. The standard InChI is InChI=1S/C12H17ClFN/c1-8(15)6-9-4-5-10(7-11(9)13)12(2,3)14/h4-5,7-8H,6,15H2,1-3H3. The molecule has 15 heavy (non-hydrogen) atoms. The summed E-state index contributed by atoms with van der Waals surface area (Å²) >= 11 is 6.06. The van der Waals surface area contributed by atoms with Gasteiger partial charge in [-0.15, -0.1) is 0 Å². The second-order valence-electron chi connectivity index (χ2n) is 4.46. The summed E-state index contributed by atoms with van der Waals surface area (Å²) in [5.74, 6) is 0. The van der Waals surface area contributed by atoms with Gasteiger partial charge in [0.25, 0.3) is 0 Å². The van der Waals surface area contributed by atoms with Crippen LogP contribution in [0.25, 0.3) is 0 Å². The van der Waals surface area contributed by atoms with Crippen LogP contribution in [0.4, 0.5) is 4.39 Å². The van der Waals surface area contributed by atoms with Crippen molar-refractivity contribution < 1.29 is 4.39 Å². The molecule has 0 aliphatic rings. The largest absolute Gasteiger partial charge is 0.328 e. The van der Waals surface area contributed by atoms with Gasteiger partial charge < -0.3 is 5.73 Å². The number of rotatable bonds is 3. The van der Waals surface area contributed by atoms with Gasteiger partial charge in [0.15, 0.2) is 0 Å². The number of benzene rings is 1. The van der Waals surface area contributed by atoms with E-state index in [0.717, 1.165) is 5.56 Å². The Morgan fingerprint density at radius 2 is 2.07 bits per heavy atom. The average Bonchev–Trinajstić information content (AvgIpc) is 2.05. The molecular weight excluding hydrogens is 213 g/mol. The van der Waals surface area contributed by atoms with Crippen LogP contribution in [0.1, 0.15) is 31.9 Å². The van der Waals surface area contributed by atoms with Crippen LogP contribution >= 0.6 is 11.6 Å². The number of hydrogen-bond acceptors (Lipinski definition) is 1. The Hall–Kier alpha value is -0.600. The normalized spacial score (nSPS) is 14.0. The van der Waals surface area contributed by atoms with Crippen LogP contribution in [0.15, 0.2) is 18.2 Å². The number of alkyl halides is 1. The Morgan fingerprint density at radius 3 is 2.47 bits per heavy atom. The fourth-order valence-electron chi connectivity index (χ4n) is 1.43. The van der Waals surface area contributed by atoms with Crippen LogP contribution in [0.3, 0.4) is 0 Å². The first-order chi connectivity index (χ1) is 6.80. The summed E-state index contributed by atoms with van der Waals surface area (Å²) in [6.07, 6.45) is 0.714. The fraction of sp³-hybridized carbons (Fsp3) is 0.500. The van der Waals surface area contributed by atoms with Crippen molar-refractivity contribution in [3.63, 3.8) is 0 Å². The molecule has 0 fully saturated rings. The maximum Gasteiger partial charge on any atom is 0.130 e. The summed E-state index contributed by atoms with van der Waals surface area (Å²) in [6.45, 7) is 4.96. The zero-order valence-corrected chi connectivity index (χ0v) is 10.1. The molecule has 3 heteroatoms. The lowest BCUT2D eigenvalue weighted by molar-refractivity contribution is 0.221. The van der Waals surface area contributed by atoms with E-state index in [2.05, 4.69) is 0 Å². The van der Waals surface area contributed by atoms with Gasteiger partial charge in [-0.05, 0) is 44.4 Å². The van der Waals surface area contributed by atoms with E-state index >= 15 is 0 Å². The summed E-state index contributed by atoms with van der Waals surface area (Å²) < 4.78 is 13.6. The minimum Gasteiger partial charge on any atom is -0.328 e. The second-order valence-corrected chi connectivity index (χ2v) is 4.87. The second kappa shape index (κ2) is 4.50. The van der Waals surface area contributed by atoms with Gasteiger partial charge >= 0.3 is 0 Å². The van der Waals surface area contributed by atoms with Crippen LogP contribution < -0.4 is 5.73 Å². The molecule has 1 aromatic rings. The van der Waals surface area contributed by atoms with Crippen molar-refractivity contribution in [2.24, 2.45) is 5.73 Å². The molecule has 0 radical (unpaired) electrons. The molecule has 0 heterocycles. The summed E-state index contributed by atoms with van der Waals surface area (Å²) in [7, 11) is 0. The van der Waals surface area contributed by atoms with Crippen molar-refractivity contribution in [1.82, 2.24) is 0 Å². The maximum absolute atomic E-state index is 13.6. The zero-order valence-electron chi connectivity index (χ0n) is 9.35. The van der Waals surface area contributed by atoms with Crippen LogP contribution in [0, 0.1) is 0 Å². The van der Waals surface area contributed by atoms with Gasteiger partial charge in [0, 0.05) is 11.1 Å². The van der Waals surface area contributed by atoms with Crippen LogP contribution in [-0.2, 0) is 12.1 Å². The molecule has 0 aliphatic heterocycles. The monoisotopic (exact) mass is 229 g/mol. The minimum absolute atomic E-state index is 0.0618. The van der Waals surface area contributed by atoms with Crippen molar-refractivity contribution in [1.29, 1.82) is 0 Å². The molecule has 84 valence electrons. The molecule has 0 saturated heterocycles. The van der Waals surface area contributed by atoms with Gasteiger partial charge in [-0.3, -0.25) is 0 Å². The predicted octanol–water partition coefficient (Wildman–Crippen LogP) is 3.43. The van der Waals surface area contributed by atoms with Crippen molar-refractivity contribution in [2.45, 2.75) is 38.9 Å². The maximum atomic E-state index is 13.6. The molecule has 1 nitrogen and oxygen atoms in total. The van der Waals surface area contributed by atoms with Crippen LogP contribution in [0.5, 0.6) is 0 Å². The molecule has 2 N–H and O–H groups in total. The SMILES string of the molecule is CC(N)Cc1ccc(C(C)(C)F)cc1Cl. The Balaban J connectivity index is 2.98.